The molecule has 2 aromatic rings. The number of nitrogens with zero attached hydrogens (tertiary/aromatic N) is 2. The average molecular weight is 421 g/mol. The van der Waals surface area contributed by atoms with Crippen molar-refractivity contribution in [3.8, 4) is 0 Å². The van der Waals surface area contributed by atoms with Crippen LogP contribution in [0.2, 0.25) is 10.0 Å². The lowest BCUT2D eigenvalue weighted by Crippen LogP contribution is -2.38. The van der Waals surface area contributed by atoms with E-state index in [1.807, 2.05) is 6.07 Å². The number of amides is 1. The summed E-state index contributed by atoms with van der Waals surface area (Å²) < 4.78 is 13.2. The Labute approximate surface area is 172 Å². The van der Waals surface area contributed by atoms with E-state index < -0.39 is 0 Å². The van der Waals surface area contributed by atoms with Crippen LogP contribution in [0.5, 0.6) is 0 Å². The standard InChI is InChI=1S/C21H19Cl2FN2O2/c22-18-8-5-15(9-19(18)23)20-10-17(28-25-20)12-26(21(27)14-3-4-14)11-13-1-6-16(24)7-2-13/h1-2,5-9,14,17H,3-4,10-12H2/t17-/m0/s1. The summed E-state index contributed by atoms with van der Waals surface area (Å²) in [7, 11) is 0. The normalized spacial score (nSPS) is 18.5. The third kappa shape index (κ3) is 4.47. The first-order valence-corrected chi connectivity index (χ1v) is 9.96. The Morgan fingerprint density at radius 2 is 1.89 bits per heavy atom. The molecule has 1 heterocycles. The first-order valence-electron chi connectivity index (χ1n) is 9.21. The van der Waals surface area contributed by atoms with E-state index in [9.17, 15) is 9.18 Å². The summed E-state index contributed by atoms with van der Waals surface area (Å²) in [6.45, 7) is 0.860. The molecule has 0 saturated heterocycles. The minimum atomic E-state index is -0.289. The lowest BCUT2D eigenvalue weighted by atomic mass is 10.0. The topological polar surface area (TPSA) is 41.9 Å². The minimum absolute atomic E-state index is 0.0947. The van der Waals surface area contributed by atoms with Crippen molar-refractivity contribution >= 4 is 34.8 Å². The first kappa shape index (κ1) is 19.2. The second-order valence-electron chi connectivity index (χ2n) is 7.22. The molecule has 4 rings (SSSR count). The SMILES string of the molecule is O=C(C1CC1)N(Cc1ccc(F)cc1)C[C@@H]1CC(c2ccc(Cl)c(Cl)c2)=NO1. The van der Waals surface area contributed by atoms with Crippen molar-refractivity contribution < 1.29 is 14.0 Å². The van der Waals surface area contributed by atoms with Gasteiger partial charge in [-0.2, -0.15) is 0 Å². The molecule has 0 bridgehead atoms. The van der Waals surface area contributed by atoms with Gasteiger partial charge in [0.15, 0.2) is 6.10 Å². The van der Waals surface area contributed by atoms with Gasteiger partial charge in [-0.05, 0) is 42.7 Å². The lowest BCUT2D eigenvalue weighted by molar-refractivity contribution is -0.135. The fourth-order valence-corrected chi connectivity index (χ4v) is 3.55. The zero-order chi connectivity index (χ0) is 19.7. The molecule has 146 valence electrons. The maximum absolute atomic E-state index is 13.2. The zero-order valence-corrected chi connectivity index (χ0v) is 16.6. The lowest BCUT2D eigenvalue weighted by Gasteiger charge is -2.25. The molecule has 28 heavy (non-hydrogen) atoms. The van der Waals surface area contributed by atoms with Crippen LogP contribution in [0.4, 0.5) is 4.39 Å². The molecular weight excluding hydrogens is 402 g/mol. The maximum Gasteiger partial charge on any atom is 0.226 e. The summed E-state index contributed by atoms with van der Waals surface area (Å²) in [5.41, 5.74) is 2.53. The van der Waals surface area contributed by atoms with Crippen LogP contribution < -0.4 is 0 Å². The Bertz CT molecular complexity index is 913. The number of halogens is 3. The van der Waals surface area contributed by atoms with Crippen molar-refractivity contribution in [3.05, 3.63) is 69.5 Å². The molecule has 1 saturated carbocycles. The van der Waals surface area contributed by atoms with Gasteiger partial charge >= 0.3 is 0 Å². The number of oxime groups is 1. The van der Waals surface area contributed by atoms with Crippen LogP contribution >= 0.6 is 23.2 Å². The summed E-state index contributed by atoms with van der Waals surface area (Å²) in [5.74, 6) is -0.0733. The van der Waals surface area contributed by atoms with E-state index >= 15 is 0 Å². The van der Waals surface area contributed by atoms with Gasteiger partial charge in [0.05, 0.1) is 22.3 Å². The smallest absolute Gasteiger partial charge is 0.226 e. The second-order valence-corrected chi connectivity index (χ2v) is 8.03. The third-order valence-electron chi connectivity index (χ3n) is 4.93. The van der Waals surface area contributed by atoms with Crippen molar-refractivity contribution in [3.63, 3.8) is 0 Å². The molecule has 2 aromatic carbocycles. The molecule has 0 N–H and O–H groups in total. The van der Waals surface area contributed by atoms with E-state index in [0.717, 1.165) is 29.7 Å². The van der Waals surface area contributed by atoms with Gasteiger partial charge < -0.3 is 9.74 Å². The summed E-state index contributed by atoms with van der Waals surface area (Å²) in [6.07, 6.45) is 2.20. The van der Waals surface area contributed by atoms with Crippen molar-refractivity contribution in [2.45, 2.75) is 31.9 Å². The second kappa shape index (κ2) is 8.10. The van der Waals surface area contributed by atoms with Gasteiger partial charge in [0.2, 0.25) is 5.91 Å². The Morgan fingerprint density at radius 3 is 2.57 bits per heavy atom. The minimum Gasteiger partial charge on any atom is -0.390 e. The molecule has 0 unspecified atom stereocenters. The van der Waals surface area contributed by atoms with E-state index in [4.69, 9.17) is 28.0 Å². The summed E-state index contributed by atoms with van der Waals surface area (Å²) in [6, 6.07) is 11.6. The van der Waals surface area contributed by atoms with Gasteiger partial charge in [-0.25, -0.2) is 4.39 Å². The van der Waals surface area contributed by atoms with E-state index in [1.165, 1.54) is 12.1 Å². The molecule has 0 aromatic heterocycles. The number of benzene rings is 2. The molecule has 1 atom stereocenters. The summed E-state index contributed by atoms with van der Waals surface area (Å²) in [4.78, 5) is 20.1. The Kier molecular flexibility index (Phi) is 5.56. The monoisotopic (exact) mass is 420 g/mol. The molecule has 0 spiro atoms. The van der Waals surface area contributed by atoms with Crippen LogP contribution in [0.15, 0.2) is 47.6 Å². The number of carbonyl (C=O) groups is 1. The van der Waals surface area contributed by atoms with Crippen molar-refractivity contribution in [2.24, 2.45) is 11.1 Å². The van der Waals surface area contributed by atoms with E-state index in [-0.39, 0.29) is 23.7 Å². The van der Waals surface area contributed by atoms with Gasteiger partial charge in [0.1, 0.15) is 5.82 Å². The molecule has 1 fully saturated rings. The predicted molar refractivity (Wildman–Crippen MR) is 107 cm³/mol. The van der Waals surface area contributed by atoms with Crippen LogP contribution in [0.25, 0.3) is 0 Å². The van der Waals surface area contributed by atoms with Crippen molar-refractivity contribution in [1.82, 2.24) is 4.90 Å². The average Bonchev–Trinajstić information content (AvgIpc) is 3.43. The number of carbonyl (C=O) groups excluding carboxylic acids is 1. The van der Waals surface area contributed by atoms with Gasteiger partial charge in [-0.3, -0.25) is 4.79 Å². The van der Waals surface area contributed by atoms with Crippen molar-refractivity contribution in [2.75, 3.05) is 6.54 Å². The van der Waals surface area contributed by atoms with Crippen LogP contribution in [0.1, 0.15) is 30.4 Å². The van der Waals surface area contributed by atoms with Crippen LogP contribution in [-0.4, -0.2) is 29.2 Å². The summed E-state index contributed by atoms with van der Waals surface area (Å²) in [5, 5.41) is 5.13. The Balaban J connectivity index is 1.43. The highest BCUT2D eigenvalue weighted by molar-refractivity contribution is 6.42. The largest absolute Gasteiger partial charge is 0.390 e. The first-order chi connectivity index (χ1) is 13.5. The highest BCUT2D eigenvalue weighted by atomic mass is 35.5. The van der Waals surface area contributed by atoms with Gasteiger partial charge in [-0.15, -0.1) is 0 Å². The number of hydrogen-bond acceptors (Lipinski definition) is 3. The van der Waals surface area contributed by atoms with Gasteiger partial charge in [0.25, 0.3) is 0 Å². The molecule has 0 radical (unpaired) electrons. The molecule has 1 aliphatic heterocycles. The number of hydrogen-bond donors (Lipinski definition) is 0. The fraction of sp³-hybridized carbons (Fsp3) is 0.333. The third-order valence-corrected chi connectivity index (χ3v) is 5.67. The number of rotatable bonds is 6. The van der Waals surface area contributed by atoms with E-state index in [2.05, 4.69) is 5.16 Å². The highest BCUT2D eigenvalue weighted by Crippen LogP contribution is 2.32. The molecule has 2 aliphatic rings. The predicted octanol–water partition coefficient (Wildman–Crippen LogP) is 5.06. The van der Waals surface area contributed by atoms with E-state index in [1.54, 1.807) is 29.2 Å². The van der Waals surface area contributed by atoms with Crippen LogP contribution in [0, 0.1) is 11.7 Å². The van der Waals surface area contributed by atoms with Crippen molar-refractivity contribution in [1.29, 1.82) is 0 Å². The van der Waals surface area contributed by atoms with E-state index in [0.29, 0.717) is 29.6 Å². The summed E-state index contributed by atoms with van der Waals surface area (Å²) >= 11 is 12.1. The molecular formula is C21H19Cl2FN2O2. The zero-order valence-electron chi connectivity index (χ0n) is 15.1. The molecule has 1 aliphatic carbocycles. The van der Waals surface area contributed by atoms with Crippen LogP contribution in [-0.2, 0) is 16.2 Å². The van der Waals surface area contributed by atoms with Gasteiger partial charge in [-0.1, -0.05) is 46.6 Å². The molecule has 1 amide bonds. The van der Waals surface area contributed by atoms with Gasteiger partial charge in [0, 0.05) is 24.4 Å². The highest BCUT2D eigenvalue weighted by Gasteiger charge is 2.35. The molecule has 4 nitrogen and oxygen atoms in total. The fourth-order valence-electron chi connectivity index (χ4n) is 3.25. The van der Waals surface area contributed by atoms with Crippen LogP contribution in [0.3, 0.4) is 0 Å². The quantitative estimate of drug-likeness (QED) is 0.654. The Morgan fingerprint density at radius 1 is 1.14 bits per heavy atom. The molecule has 7 heteroatoms. The maximum atomic E-state index is 13.2. The Hall–Kier alpha value is -2.11.